The molecule has 0 heterocycles. The number of aldehydes is 1. The number of methoxy groups -OCH3 is 1. The van der Waals surface area contributed by atoms with Gasteiger partial charge in [0.15, 0.2) is 0 Å². The summed E-state index contributed by atoms with van der Waals surface area (Å²) in [7, 11) is 1.88. The van der Waals surface area contributed by atoms with Gasteiger partial charge >= 0.3 is 5.97 Å². The Morgan fingerprint density at radius 3 is 1.33 bits per heavy atom. The number of rotatable bonds is 37. The van der Waals surface area contributed by atoms with Crippen LogP contribution < -0.4 is 5.32 Å². The molecule has 0 aromatic rings. The van der Waals surface area contributed by atoms with E-state index in [1.165, 1.54) is 161 Å². The molecule has 0 aromatic heterocycles. The summed E-state index contributed by atoms with van der Waals surface area (Å²) in [6.45, 7) is 19.8. The fraction of sp³-hybridized carbons (Fsp3) is 0.958. The monoisotopic (exact) mass is 792 g/mol. The molecule has 5 nitrogen and oxygen atoms in total. The first-order valence-electron chi connectivity index (χ1n) is 23.9. The van der Waals surface area contributed by atoms with Gasteiger partial charge < -0.3 is 19.6 Å². The van der Waals surface area contributed by atoms with Crippen molar-refractivity contribution in [2.24, 2.45) is 0 Å². The molecular weight excluding hydrogens is 690 g/mol. The molecule has 6 heteroatoms. The number of ether oxygens (including phenoxy) is 2. The number of alkyl halides is 1. The van der Waals surface area contributed by atoms with Crippen LogP contribution in [-0.4, -0.2) is 51.0 Å². The number of halogens is 1. The standard InChI is InChI=1S/C24H47NO3.C16H34O.C4H10.C2H5Cl.C2H6/c1-2-3-4-5-6-9-12-18-23-28-24(27)19-14-13-16-21-25-20-15-10-7-8-11-17-22-26;1-4-6-8-10-11-13-15-16(17-3)14-12-9-7-5-2;1-3-4-2;1-2-3;1-2/h22,25H,2-21,23H2,1H3;16H,4-15H2,1-3H3;3-4H2,1-2H3;2H2,1H3;1-2H3. The summed E-state index contributed by atoms with van der Waals surface area (Å²) in [5, 5.41) is 3.47. The Hall–Kier alpha value is -0.650. The topological polar surface area (TPSA) is 64.6 Å². The second-order valence-electron chi connectivity index (χ2n) is 14.5. The van der Waals surface area contributed by atoms with Crippen LogP contribution in [0.1, 0.15) is 261 Å². The Kier molecular flexibility index (Phi) is 77.7. The highest BCUT2D eigenvalue weighted by atomic mass is 35.5. The van der Waals surface area contributed by atoms with Gasteiger partial charge in [-0.15, -0.1) is 11.6 Å². The number of hydrogen-bond acceptors (Lipinski definition) is 5. The normalized spacial score (nSPS) is 10.7. The fourth-order valence-corrected chi connectivity index (χ4v) is 5.65. The quantitative estimate of drug-likeness (QED) is 0.0294. The summed E-state index contributed by atoms with van der Waals surface area (Å²) >= 11 is 5.00. The Morgan fingerprint density at radius 2 is 0.907 bits per heavy atom. The van der Waals surface area contributed by atoms with Gasteiger partial charge in [-0.1, -0.05) is 203 Å². The van der Waals surface area contributed by atoms with E-state index >= 15 is 0 Å². The van der Waals surface area contributed by atoms with Crippen LogP contribution in [0, 0.1) is 0 Å². The molecule has 1 unspecified atom stereocenters. The molecule has 0 spiro atoms. The Bertz CT molecular complexity index is 605. The van der Waals surface area contributed by atoms with Crippen LogP contribution >= 0.6 is 11.6 Å². The summed E-state index contributed by atoms with van der Waals surface area (Å²) < 4.78 is 10.9. The fourth-order valence-electron chi connectivity index (χ4n) is 5.65. The highest BCUT2D eigenvalue weighted by Gasteiger charge is 2.06. The van der Waals surface area contributed by atoms with Gasteiger partial charge in [-0.25, -0.2) is 0 Å². The van der Waals surface area contributed by atoms with E-state index in [4.69, 9.17) is 21.1 Å². The van der Waals surface area contributed by atoms with Crippen LogP contribution in [-0.2, 0) is 19.1 Å². The van der Waals surface area contributed by atoms with Gasteiger partial charge in [0.05, 0.1) is 12.7 Å². The maximum Gasteiger partial charge on any atom is 0.305 e. The molecule has 0 bridgehead atoms. The van der Waals surface area contributed by atoms with Crippen molar-refractivity contribution in [1.29, 1.82) is 0 Å². The maximum absolute atomic E-state index is 11.7. The summed E-state index contributed by atoms with van der Waals surface area (Å²) in [5.41, 5.74) is 0. The van der Waals surface area contributed by atoms with Crippen LogP contribution in [0.15, 0.2) is 0 Å². The van der Waals surface area contributed by atoms with Crippen molar-refractivity contribution in [1.82, 2.24) is 5.32 Å². The second-order valence-corrected chi connectivity index (χ2v) is 15.0. The van der Waals surface area contributed by atoms with E-state index in [2.05, 4.69) is 39.9 Å². The van der Waals surface area contributed by atoms with E-state index in [1.807, 2.05) is 27.9 Å². The van der Waals surface area contributed by atoms with Crippen molar-refractivity contribution in [3.63, 3.8) is 0 Å². The van der Waals surface area contributed by atoms with Gasteiger partial charge in [-0.05, 0) is 58.0 Å². The average molecular weight is 793 g/mol. The third-order valence-electron chi connectivity index (χ3n) is 9.26. The van der Waals surface area contributed by atoms with Gasteiger partial charge in [0.2, 0.25) is 0 Å². The minimum atomic E-state index is -0.0227. The Labute approximate surface area is 346 Å². The van der Waals surface area contributed by atoms with Crippen molar-refractivity contribution in [3.8, 4) is 0 Å². The Morgan fingerprint density at radius 1 is 0.537 bits per heavy atom. The molecule has 0 fully saturated rings. The van der Waals surface area contributed by atoms with Gasteiger partial charge in [0.1, 0.15) is 6.29 Å². The van der Waals surface area contributed by atoms with E-state index in [0.29, 0.717) is 25.6 Å². The predicted molar refractivity (Wildman–Crippen MR) is 245 cm³/mol. The second kappa shape index (κ2) is 67.1. The van der Waals surface area contributed by atoms with Crippen molar-refractivity contribution >= 4 is 23.9 Å². The van der Waals surface area contributed by atoms with E-state index in [-0.39, 0.29) is 5.97 Å². The number of carbonyl (C=O) groups is 2. The van der Waals surface area contributed by atoms with Gasteiger partial charge in [0.25, 0.3) is 0 Å². The molecular formula is C48H102ClNO4. The van der Waals surface area contributed by atoms with E-state index < -0.39 is 0 Å². The molecule has 1 atom stereocenters. The number of nitrogens with one attached hydrogen (secondary N) is 1. The van der Waals surface area contributed by atoms with Crippen LogP contribution in [0.2, 0.25) is 0 Å². The smallest absolute Gasteiger partial charge is 0.305 e. The lowest BCUT2D eigenvalue weighted by Crippen LogP contribution is -2.16. The van der Waals surface area contributed by atoms with Crippen LogP contribution in [0.25, 0.3) is 0 Å². The van der Waals surface area contributed by atoms with Crippen LogP contribution in [0.4, 0.5) is 0 Å². The summed E-state index contributed by atoms with van der Waals surface area (Å²) in [6, 6.07) is 0. The lowest BCUT2D eigenvalue weighted by molar-refractivity contribution is -0.143. The third-order valence-corrected chi connectivity index (χ3v) is 9.26. The highest BCUT2D eigenvalue weighted by molar-refractivity contribution is 6.17. The summed E-state index contributed by atoms with van der Waals surface area (Å²) in [5.74, 6) is 0.700. The lowest BCUT2D eigenvalue weighted by Gasteiger charge is -2.14. The summed E-state index contributed by atoms with van der Waals surface area (Å²) in [4.78, 5) is 21.9. The van der Waals surface area contributed by atoms with Crippen molar-refractivity contribution < 1.29 is 19.1 Å². The zero-order valence-electron chi connectivity index (χ0n) is 38.6. The van der Waals surface area contributed by atoms with Gasteiger partial charge in [-0.2, -0.15) is 0 Å². The number of unbranched alkanes of at least 4 members (excludes halogenated alkanes) is 23. The largest absolute Gasteiger partial charge is 0.466 e. The molecule has 1 N–H and O–H groups in total. The van der Waals surface area contributed by atoms with Gasteiger partial charge in [-0.3, -0.25) is 4.79 Å². The molecule has 0 amide bonds. The van der Waals surface area contributed by atoms with Crippen LogP contribution in [0.3, 0.4) is 0 Å². The molecule has 0 rings (SSSR count). The number of esters is 1. The van der Waals surface area contributed by atoms with Gasteiger partial charge in [0, 0.05) is 25.8 Å². The van der Waals surface area contributed by atoms with E-state index in [1.54, 1.807) is 0 Å². The zero-order chi connectivity index (χ0) is 41.4. The first-order chi connectivity index (χ1) is 26.5. The molecule has 0 aliphatic rings. The molecule has 330 valence electrons. The minimum Gasteiger partial charge on any atom is -0.466 e. The van der Waals surface area contributed by atoms with Crippen LogP contribution in [0.5, 0.6) is 0 Å². The molecule has 0 aliphatic heterocycles. The van der Waals surface area contributed by atoms with Crippen molar-refractivity contribution in [2.45, 2.75) is 267 Å². The van der Waals surface area contributed by atoms with E-state index in [9.17, 15) is 9.59 Å². The molecule has 0 aromatic carbocycles. The summed E-state index contributed by atoms with van der Waals surface area (Å²) in [6.07, 6.45) is 41.0. The molecule has 0 radical (unpaired) electrons. The molecule has 0 aliphatic carbocycles. The predicted octanol–water partition coefficient (Wildman–Crippen LogP) is 16.2. The minimum absolute atomic E-state index is 0.0227. The van der Waals surface area contributed by atoms with E-state index in [0.717, 1.165) is 57.4 Å². The average Bonchev–Trinajstić information content (AvgIpc) is 3.19. The number of carbonyl (C=O) groups excluding carboxylic acids is 2. The zero-order valence-corrected chi connectivity index (χ0v) is 39.4. The Balaban J connectivity index is -0.000000260. The highest BCUT2D eigenvalue weighted by Crippen LogP contribution is 2.15. The maximum atomic E-state index is 11.7. The lowest BCUT2D eigenvalue weighted by atomic mass is 10.0. The first-order valence-corrected chi connectivity index (χ1v) is 24.4. The molecule has 54 heavy (non-hydrogen) atoms. The molecule has 0 saturated carbocycles. The van der Waals surface area contributed by atoms with Crippen molar-refractivity contribution in [2.75, 3.05) is 32.7 Å². The first kappa shape index (κ1) is 62.5. The third kappa shape index (κ3) is 72.6. The number of hydrogen-bond donors (Lipinski definition) is 1. The molecule has 0 saturated heterocycles. The van der Waals surface area contributed by atoms with Crippen molar-refractivity contribution in [3.05, 3.63) is 0 Å². The SMILES string of the molecule is CC.CCCC.CCCCCCCCC(CCCCCC)OC.CCCCCCCCCCOC(=O)CCCCCNCCCCCCCC=O.CCCl.